The maximum absolute atomic E-state index is 12.3. The summed E-state index contributed by atoms with van der Waals surface area (Å²) in [4.78, 5) is 18.7. The Morgan fingerprint density at radius 3 is 2.78 bits per heavy atom. The number of benzene rings is 1. The lowest BCUT2D eigenvalue weighted by molar-refractivity contribution is -0.924. The van der Waals surface area contributed by atoms with Crippen LogP contribution in [-0.4, -0.2) is 24.0 Å². The standard InChI is InChI=1S/C22H29N3OS/c1-16-6-8-19(9-7-16)23-21(26)12-22-24-20(15-27-22)14-25-11-10-17-4-2-3-5-18(17)13-25/h6-9,15,17-18H,2-5,10-14H2,1H3,(H,23,26)/p+1/t17-,18+/m0/s1. The van der Waals surface area contributed by atoms with E-state index in [9.17, 15) is 4.79 Å². The number of hydrogen-bond acceptors (Lipinski definition) is 3. The van der Waals surface area contributed by atoms with E-state index in [4.69, 9.17) is 4.98 Å². The molecule has 2 fully saturated rings. The number of rotatable bonds is 5. The highest BCUT2D eigenvalue weighted by Crippen LogP contribution is 2.32. The summed E-state index contributed by atoms with van der Waals surface area (Å²) in [5.74, 6) is 1.93. The van der Waals surface area contributed by atoms with Gasteiger partial charge in [-0.15, -0.1) is 11.3 Å². The van der Waals surface area contributed by atoms with Crippen LogP contribution in [0.3, 0.4) is 0 Å². The zero-order valence-electron chi connectivity index (χ0n) is 16.2. The maximum Gasteiger partial charge on any atom is 0.231 e. The van der Waals surface area contributed by atoms with E-state index in [1.165, 1.54) is 50.8 Å². The summed E-state index contributed by atoms with van der Waals surface area (Å²) in [7, 11) is 0. The van der Waals surface area contributed by atoms with Crippen LogP contribution in [0.15, 0.2) is 29.6 Å². The molecule has 1 unspecified atom stereocenters. The Balaban J connectivity index is 1.28. The molecular weight excluding hydrogens is 354 g/mol. The Kier molecular flexibility index (Phi) is 5.89. The highest BCUT2D eigenvalue weighted by atomic mass is 32.1. The van der Waals surface area contributed by atoms with Crippen LogP contribution >= 0.6 is 11.3 Å². The molecule has 4 rings (SSSR count). The van der Waals surface area contributed by atoms with Crippen molar-refractivity contribution < 1.29 is 9.69 Å². The summed E-state index contributed by atoms with van der Waals surface area (Å²) >= 11 is 1.62. The molecule has 0 radical (unpaired) electrons. The first-order valence-corrected chi connectivity index (χ1v) is 11.2. The smallest absolute Gasteiger partial charge is 0.231 e. The molecule has 4 nitrogen and oxygen atoms in total. The summed E-state index contributed by atoms with van der Waals surface area (Å²) in [5, 5.41) is 6.03. The lowest BCUT2D eigenvalue weighted by Gasteiger charge is -2.38. The van der Waals surface area contributed by atoms with Gasteiger partial charge in [0, 0.05) is 17.0 Å². The molecule has 144 valence electrons. The zero-order chi connectivity index (χ0) is 18.6. The number of thiazole rings is 1. The first-order chi connectivity index (χ1) is 13.2. The lowest BCUT2D eigenvalue weighted by atomic mass is 9.75. The molecule has 27 heavy (non-hydrogen) atoms. The third kappa shape index (κ3) is 4.96. The number of carbonyl (C=O) groups is 1. The van der Waals surface area contributed by atoms with Crippen molar-refractivity contribution >= 4 is 22.9 Å². The van der Waals surface area contributed by atoms with E-state index in [1.807, 2.05) is 31.2 Å². The van der Waals surface area contributed by atoms with Crippen molar-refractivity contribution in [1.82, 2.24) is 4.98 Å². The Labute approximate surface area is 166 Å². The van der Waals surface area contributed by atoms with Crippen LogP contribution in [0, 0.1) is 18.8 Å². The largest absolute Gasteiger partial charge is 0.330 e. The van der Waals surface area contributed by atoms with E-state index in [-0.39, 0.29) is 5.91 Å². The van der Waals surface area contributed by atoms with Crippen molar-refractivity contribution in [2.75, 3.05) is 18.4 Å². The summed E-state index contributed by atoms with van der Waals surface area (Å²) < 4.78 is 0. The highest BCUT2D eigenvalue weighted by Gasteiger charge is 2.33. The number of aryl methyl sites for hydroxylation is 1. The second-order valence-corrected chi connectivity index (χ2v) is 9.24. The number of nitrogens with zero attached hydrogens (tertiary/aromatic N) is 1. The molecule has 1 aromatic heterocycles. The molecule has 1 amide bonds. The van der Waals surface area contributed by atoms with Gasteiger partial charge < -0.3 is 10.2 Å². The Morgan fingerprint density at radius 1 is 1.19 bits per heavy atom. The minimum absolute atomic E-state index is 0.00937. The second-order valence-electron chi connectivity index (χ2n) is 8.30. The lowest BCUT2D eigenvalue weighted by Crippen LogP contribution is -3.12. The first-order valence-electron chi connectivity index (χ1n) is 10.3. The number of anilines is 1. The highest BCUT2D eigenvalue weighted by molar-refractivity contribution is 7.09. The van der Waals surface area contributed by atoms with Gasteiger partial charge in [-0.05, 0) is 44.2 Å². The van der Waals surface area contributed by atoms with Crippen LogP contribution in [0.4, 0.5) is 5.69 Å². The van der Waals surface area contributed by atoms with E-state index >= 15 is 0 Å². The van der Waals surface area contributed by atoms with Crippen LogP contribution in [0.5, 0.6) is 0 Å². The van der Waals surface area contributed by atoms with E-state index in [0.717, 1.165) is 34.8 Å². The Bertz CT molecular complexity index is 770. The Hall–Kier alpha value is -1.72. The number of aromatic nitrogens is 1. The van der Waals surface area contributed by atoms with Gasteiger partial charge in [-0.25, -0.2) is 4.98 Å². The molecular formula is C22H30N3OS+. The summed E-state index contributed by atoms with van der Waals surface area (Å²) in [6.07, 6.45) is 7.49. The van der Waals surface area contributed by atoms with E-state index < -0.39 is 0 Å². The predicted molar refractivity (Wildman–Crippen MR) is 110 cm³/mol. The monoisotopic (exact) mass is 384 g/mol. The van der Waals surface area contributed by atoms with E-state index in [1.54, 1.807) is 16.2 Å². The van der Waals surface area contributed by atoms with Gasteiger partial charge in [0.25, 0.3) is 0 Å². The quantitative estimate of drug-likeness (QED) is 0.831. The number of hydrogen-bond donors (Lipinski definition) is 2. The number of nitrogens with one attached hydrogen (secondary N) is 2. The number of likely N-dealkylation sites (tertiary alicyclic amines) is 1. The molecule has 1 aromatic carbocycles. The van der Waals surface area contributed by atoms with Gasteiger partial charge in [0.2, 0.25) is 5.91 Å². The number of quaternary nitrogens is 1. The minimum Gasteiger partial charge on any atom is -0.330 e. The predicted octanol–water partition coefficient (Wildman–Crippen LogP) is 3.23. The van der Waals surface area contributed by atoms with Gasteiger partial charge in [0.15, 0.2) is 0 Å². The molecule has 2 N–H and O–H groups in total. The van der Waals surface area contributed by atoms with Gasteiger partial charge in [-0.1, -0.05) is 30.5 Å². The first kappa shape index (κ1) is 18.6. The topological polar surface area (TPSA) is 46.4 Å². The van der Waals surface area contributed by atoms with Crippen molar-refractivity contribution in [3.05, 3.63) is 45.9 Å². The molecule has 2 aliphatic rings. The van der Waals surface area contributed by atoms with Crippen molar-refractivity contribution in [1.29, 1.82) is 0 Å². The van der Waals surface area contributed by atoms with Gasteiger partial charge in [-0.3, -0.25) is 4.79 Å². The average molecular weight is 385 g/mol. The Morgan fingerprint density at radius 2 is 1.96 bits per heavy atom. The third-order valence-corrected chi connectivity index (χ3v) is 7.06. The fourth-order valence-corrected chi connectivity index (χ4v) is 5.50. The van der Waals surface area contributed by atoms with Gasteiger partial charge in [0.05, 0.1) is 19.5 Å². The van der Waals surface area contributed by atoms with Gasteiger partial charge >= 0.3 is 0 Å². The average Bonchev–Trinajstić information content (AvgIpc) is 3.10. The van der Waals surface area contributed by atoms with Crippen LogP contribution < -0.4 is 10.2 Å². The van der Waals surface area contributed by atoms with Crippen molar-refractivity contribution in [2.24, 2.45) is 11.8 Å². The fraction of sp³-hybridized carbons (Fsp3) is 0.545. The van der Waals surface area contributed by atoms with E-state index in [2.05, 4.69) is 10.7 Å². The third-order valence-electron chi connectivity index (χ3n) is 6.16. The fourth-order valence-electron chi connectivity index (χ4n) is 4.70. The van der Waals surface area contributed by atoms with Crippen LogP contribution in [0.1, 0.15) is 48.4 Å². The van der Waals surface area contributed by atoms with Gasteiger partial charge in [0.1, 0.15) is 17.2 Å². The van der Waals surface area contributed by atoms with Crippen molar-refractivity contribution in [3.8, 4) is 0 Å². The number of fused-ring (bicyclic) bond motifs is 1. The van der Waals surface area contributed by atoms with Crippen LogP contribution in [0.2, 0.25) is 0 Å². The molecule has 1 saturated heterocycles. The molecule has 5 heteroatoms. The second kappa shape index (κ2) is 8.53. The molecule has 1 aliphatic carbocycles. The summed E-state index contributed by atoms with van der Waals surface area (Å²) in [6.45, 7) is 5.65. The molecule has 0 spiro atoms. The zero-order valence-corrected chi connectivity index (χ0v) is 17.0. The molecule has 0 bridgehead atoms. The number of piperidine rings is 1. The molecule has 1 aliphatic heterocycles. The normalized spacial score (nSPS) is 25.0. The molecule has 2 aromatic rings. The van der Waals surface area contributed by atoms with Crippen molar-refractivity contribution in [2.45, 2.75) is 52.0 Å². The summed E-state index contributed by atoms with van der Waals surface area (Å²) in [5.41, 5.74) is 3.20. The SMILES string of the molecule is Cc1ccc(NC(=O)Cc2nc(C[NH+]3CC[C@@H]4CCCC[C@@H]4C3)cs2)cc1. The molecule has 3 atom stereocenters. The van der Waals surface area contributed by atoms with Crippen LogP contribution in [0.25, 0.3) is 0 Å². The molecule has 2 heterocycles. The number of amides is 1. The van der Waals surface area contributed by atoms with Crippen molar-refractivity contribution in [3.63, 3.8) is 0 Å². The minimum atomic E-state index is 0.00937. The molecule has 1 saturated carbocycles. The van der Waals surface area contributed by atoms with Gasteiger partial charge in [-0.2, -0.15) is 0 Å². The number of carbonyl (C=O) groups excluding carboxylic acids is 1. The van der Waals surface area contributed by atoms with E-state index in [0.29, 0.717) is 6.42 Å². The van der Waals surface area contributed by atoms with Crippen LogP contribution in [-0.2, 0) is 17.8 Å². The summed E-state index contributed by atoms with van der Waals surface area (Å²) in [6, 6.07) is 7.91. The maximum atomic E-state index is 12.3.